The molecule has 0 N–H and O–H groups in total. The predicted molar refractivity (Wildman–Crippen MR) is 207 cm³/mol. The maximum absolute atomic E-state index is 6.31. The van der Waals surface area contributed by atoms with Crippen molar-refractivity contribution in [1.82, 2.24) is 19.1 Å². The molecule has 11 aromatic rings. The maximum Gasteiger partial charge on any atom is 0.235 e. The summed E-state index contributed by atoms with van der Waals surface area (Å²) in [6.45, 7) is 0. The number of aromatic nitrogens is 4. The molecule has 5 nitrogen and oxygen atoms in total. The Hall–Kier alpha value is -6.50. The third-order valence-corrected chi connectivity index (χ3v) is 11.5. The SMILES string of the molecule is c1ccc2c(c1)Oc1cccc3nc(-n4c5ccccc5c5cc6c7ccccc7n(-c7ccc8c(c7)sc7ccccc78)c6cc54)nc-2c13. The number of para-hydroxylation sites is 3. The van der Waals surface area contributed by atoms with Gasteiger partial charge in [-0.1, -0.05) is 78.9 Å². The second-order valence-electron chi connectivity index (χ2n) is 13.0. The van der Waals surface area contributed by atoms with Gasteiger partial charge in [0.25, 0.3) is 0 Å². The zero-order chi connectivity index (χ0) is 32.5. The standard InChI is InChI=1S/C44H24N4OS/c1-5-15-34-26(10-1)31-23-32-27-11-2-6-16-35(27)48(44-45-33-14-9-18-39-42(33)43(46-44)30-13-3-7-17-38(30)49-39)37(32)24-36(31)47(34)25-20-21-29-28-12-4-8-19-40(28)50-41(29)22-25/h1-24H. The van der Waals surface area contributed by atoms with Crippen LogP contribution in [0.1, 0.15) is 0 Å². The molecule has 0 saturated heterocycles. The summed E-state index contributed by atoms with van der Waals surface area (Å²) in [5.74, 6) is 2.23. The molecule has 50 heavy (non-hydrogen) atoms. The molecule has 0 amide bonds. The largest absolute Gasteiger partial charge is 0.456 e. The van der Waals surface area contributed by atoms with Gasteiger partial charge in [0.05, 0.1) is 38.7 Å². The Morgan fingerprint density at radius 1 is 0.460 bits per heavy atom. The molecule has 4 aromatic heterocycles. The second kappa shape index (κ2) is 9.56. The van der Waals surface area contributed by atoms with E-state index in [1.54, 1.807) is 0 Å². The van der Waals surface area contributed by atoms with Crippen LogP contribution in [0.2, 0.25) is 0 Å². The van der Waals surface area contributed by atoms with Crippen molar-refractivity contribution >= 4 is 86.0 Å². The van der Waals surface area contributed by atoms with Gasteiger partial charge in [-0.2, -0.15) is 0 Å². The molecule has 12 rings (SSSR count). The summed E-state index contributed by atoms with van der Waals surface area (Å²) in [7, 11) is 0. The normalized spacial score (nSPS) is 12.6. The van der Waals surface area contributed by atoms with Gasteiger partial charge in [0.1, 0.15) is 11.5 Å². The summed E-state index contributed by atoms with van der Waals surface area (Å²) in [5, 5.41) is 8.34. The molecular formula is C44H24N4OS. The number of nitrogens with zero attached hydrogens (tertiary/aromatic N) is 4. The van der Waals surface area contributed by atoms with E-state index in [-0.39, 0.29) is 0 Å². The topological polar surface area (TPSA) is 44.9 Å². The van der Waals surface area contributed by atoms with Crippen LogP contribution in [0.25, 0.3) is 97.6 Å². The molecule has 7 aromatic carbocycles. The lowest BCUT2D eigenvalue weighted by atomic mass is 10.0. The quantitative estimate of drug-likeness (QED) is 0.186. The molecule has 0 radical (unpaired) electrons. The first-order chi connectivity index (χ1) is 24.8. The van der Waals surface area contributed by atoms with Crippen molar-refractivity contribution in [1.29, 1.82) is 0 Å². The zero-order valence-electron chi connectivity index (χ0n) is 26.5. The van der Waals surface area contributed by atoms with Gasteiger partial charge < -0.3 is 9.30 Å². The summed E-state index contributed by atoms with van der Waals surface area (Å²) in [5.41, 5.74) is 8.32. The highest BCUT2D eigenvalue weighted by molar-refractivity contribution is 7.25. The number of fused-ring (bicyclic) bond motifs is 11. The fourth-order valence-electron chi connectivity index (χ4n) is 8.17. The second-order valence-corrected chi connectivity index (χ2v) is 14.1. The Morgan fingerprint density at radius 2 is 1.14 bits per heavy atom. The molecule has 0 unspecified atom stereocenters. The maximum atomic E-state index is 6.31. The van der Waals surface area contributed by atoms with E-state index in [2.05, 4.69) is 124 Å². The van der Waals surface area contributed by atoms with Gasteiger partial charge in [0.2, 0.25) is 5.95 Å². The van der Waals surface area contributed by atoms with Gasteiger partial charge >= 0.3 is 0 Å². The fourth-order valence-corrected chi connectivity index (χ4v) is 9.31. The number of hydrogen-bond acceptors (Lipinski definition) is 4. The molecule has 5 heterocycles. The van der Waals surface area contributed by atoms with E-state index < -0.39 is 0 Å². The molecule has 0 aliphatic carbocycles. The van der Waals surface area contributed by atoms with Crippen molar-refractivity contribution in [2.75, 3.05) is 0 Å². The molecular weight excluding hydrogens is 633 g/mol. The van der Waals surface area contributed by atoms with Gasteiger partial charge in [-0.15, -0.1) is 11.3 Å². The molecule has 1 aliphatic rings. The Balaban J connectivity index is 1.19. The van der Waals surface area contributed by atoms with Crippen molar-refractivity contribution in [2.24, 2.45) is 0 Å². The zero-order valence-corrected chi connectivity index (χ0v) is 27.3. The first-order valence-corrected chi connectivity index (χ1v) is 17.6. The van der Waals surface area contributed by atoms with E-state index in [1.807, 2.05) is 41.7 Å². The van der Waals surface area contributed by atoms with E-state index in [1.165, 1.54) is 47.2 Å². The van der Waals surface area contributed by atoms with Gasteiger partial charge in [-0.3, -0.25) is 4.57 Å². The summed E-state index contributed by atoms with van der Waals surface area (Å²) >= 11 is 1.85. The minimum atomic E-state index is 0.640. The molecule has 0 bridgehead atoms. The van der Waals surface area contributed by atoms with Crippen molar-refractivity contribution in [3.05, 3.63) is 146 Å². The van der Waals surface area contributed by atoms with Crippen LogP contribution in [-0.4, -0.2) is 19.1 Å². The number of ether oxygens (including phenoxy) is 1. The summed E-state index contributed by atoms with van der Waals surface area (Å²) in [4.78, 5) is 10.6. The lowest BCUT2D eigenvalue weighted by Gasteiger charge is -2.21. The number of hydrogen-bond donors (Lipinski definition) is 0. The van der Waals surface area contributed by atoms with E-state index in [9.17, 15) is 0 Å². The van der Waals surface area contributed by atoms with E-state index in [4.69, 9.17) is 14.7 Å². The number of benzene rings is 7. The summed E-state index contributed by atoms with van der Waals surface area (Å²) < 4.78 is 13.6. The lowest BCUT2D eigenvalue weighted by Crippen LogP contribution is -2.06. The molecule has 0 fully saturated rings. The first kappa shape index (κ1) is 26.5. The van der Waals surface area contributed by atoms with Crippen LogP contribution in [0.4, 0.5) is 0 Å². The smallest absolute Gasteiger partial charge is 0.235 e. The van der Waals surface area contributed by atoms with Crippen LogP contribution in [0.5, 0.6) is 11.5 Å². The van der Waals surface area contributed by atoms with Crippen molar-refractivity contribution in [3.8, 4) is 34.4 Å². The van der Waals surface area contributed by atoms with Crippen LogP contribution in [0, 0.1) is 0 Å². The molecule has 0 atom stereocenters. The Bertz CT molecular complexity index is 3260. The minimum Gasteiger partial charge on any atom is -0.456 e. The highest BCUT2D eigenvalue weighted by Gasteiger charge is 2.25. The average Bonchev–Trinajstić information content (AvgIpc) is 3.81. The van der Waals surface area contributed by atoms with E-state index in [0.29, 0.717) is 5.95 Å². The number of thiophene rings is 1. The van der Waals surface area contributed by atoms with E-state index >= 15 is 0 Å². The molecule has 0 spiro atoms. The van der Waals surface area contributed by atoms with Crippen LogP contribution in [0.3, 0.4) is 0 Å². The summed E-state index contributed by atoms with van der Waals surface area (Å²) in [6, 6.07) is 51.8. The molecule has 232 valence electrons. The van der Waals surface area contributed by atoms with Crippen LogP contribution >= 0.6 is 11.3 Å². The van der Waals surface area contributed by atoms with Gasteiger partial charge in [0, 0.05) is 53.0 Å². The molecule has 6 heteroatoms. The van der Waals surface area contributed by atoms with Gasteiger partial charge in [-0.25, -0.2) is 9.97 Å². The third-order valence-electron chi connectivity index (χ3n) is 10.3. The van der Waals surface area contributed by atoms with Crippen LogP contribution < -0.4 is 4.74 Å². The van der Waals surface area contributed by atoms with Gasteiger partial charge in [0.15, 0.2) is 0 Å². The van der Waals surface area contributed by atoms with E-state index in [0.717, 1.165) is 55.9 Å². The Kier molecular flexibility index (Phi) is 5.06. The summed E-state index contributed by atoms with van der Waals surface area (Å²) in [6.07, 6.45) is 0. The Morgan fingerprint density at radius 3 is 2.00 bits per heavy atom. The van der Waals surface area contributed by atoms with Crippen LogP contribution in [0.15, 0.2) is 146 Å². The highest BCUT2D eigenvalue weighted by atomic mass is 32.1. The fraction of sp³-hybridized carbons (Fsp3) is 0. The first-order valence-electron chi connectivity index (χ1n) is 16.7. The highest BCUT2D eigenvalue weighted by Crippen LogP contribution is 2.46. The molecule has 1 aliphatic heterocycles. The third kappa shape index (κ3) is 3.45. The monoisotopic (exact) mass is 656 g/mol. The number of rotatable bonds is 2. The minimum absolute atomic E-state index is 0.640. The van der Waals surface area contributed by atoms with Crippen molar-refractivity contribution in [3.63, 3.8) is 0 Å². The Labute approximate surface area is 288 Å². The molecule has 0 saturated carbocycles. The van der Waals surface area contributed by atoms with Gasteiger partial charge in [-0.05, 0) is 66.7 Å². The predicted octanol–water partition coefficient (Wildman–Crippen LogP) is 12.0. The average molecular weight is 657 g/mol. The van der Waals surface area contributed by atoms with Crippen molar-refractivity contribution < 1.29 is 4.74 Å². The van der Waals surface area contributed by atoms with Crippen molar-refractivity contribution in [2.45, 2.75) is 0 Å². The lowest BCUT2D eigenvalue weighted by molar-refractivity contribution is 0.486. The van der Waals surface area contributed by atoms with Crippen LogP contribution in [-0.2, 0) is 0 Å².